The summed E-state index contributed by atoms with van der Waals surface area (Å²) in [6.07, 6.45) is 0.485. The number of hydrogen-bond acceptors (Lipinski definition) is 5. The molecule has 1 heterocycles. The van der Waals surface area contributed by atoms with Crippen molar-refractivity contribution in [3.05, 3.63) is 51.7 Å². The molecule has 0 fully saturated rings. The van der Waals surface area contributed by atoms with Crippen molar-refractivity contribution in [3.8, 4) is 0 Å². The standard InChI is InChI=1S/C10H9N3O3/c1-7-11-12-10(16-7)6-8-2-4-9(5-3-8)13(14)15/h2-5H,6H2,1H3. The van der Waals surface area contributed by atoms with E-state index in [0.717, 1.165) is 5.56 Å². The maximum atomic E-state index is 10.4. The highest BCUT2D eigenvalue weighted by molar-refractivity contribution is 5.33. The van der Waals surface area contributed by atoms with Crippen molar-refractivity contribution in [2.45, 2.75) is 13.3 Å². The minimum Gasteiger partial charge on any atom is -0.425 e. The largest absolute Gasteiger partial charge is 0.425 e. The summed E-state index contributed by atoms with van der Waals surface area (Å²) in [5, 5.41) is 18.0. The van der Waals surface area contributed by atoms with Crippen molar-refractivity contribution >= 4 is 5.69 Å². The van der Waals surface area contributed by atoms with Crippen LogP contribution in [0.5, 0.6) is 0 Å². The fourth-order valence-electron chi connectivity index (χ4n) is 1.32. The lowest BCUT2D eigenvalue weighted by Gasteiger charge is -1.96. The molecule has 0 saturated carbocycles. The van der Waals surface area contributed by atoms with E-state index < -0.39 is 4.92 Å². The van der Waals surface area contributed by atoms with Gasteiger partial charge in [-0.1, -0.05) is 12.1 Å². The second kappa shape index (κ2) is 4.09. The molecule has 2 aromatic rings. The number of nitro benzene ring substituents is 1. The van der Waals surface area contributed by atoms with Crippen LogP contribution in [0, 0.1) is 17.0 Å². The predicted molar refractivity (Wildman–Crippen MR) is 54.9 cm³/mol. The van der Waals surface area contributed by atoms with Gasteiger partial charge in [-0.25, -0.2) is 0 Å². The van der Waals surface area contributed by atoms with Gasteiger partial charge in [-0.3, -0.25) is 10.1 Å². The summed E-state index contributed by atoms with van der Waals surface area (Å²) in [4.78, 5) is 10.0. The second-order valence-electron chi connectivity index (χ2n) is 3.32. The number of aryl methyl sites for hydroxylation is 1. The quantitative estimate of drug-likeness (QED) is 0.581. The molecule has 1 aromatic carbocycles. The maximum absolute atomic E-state index is 10.4. The predicted octanol–water partition coefficient (Wildman–Crippen LogP) is 1.88. The van der Waals surface area contributed by atoms with Crippen LogP contribution < -0.4 is 0 Å². The number of hydrogen-bond donors (Lipinski definition) is 0. The SMILES string of the molecule is Cc1nnc(Cc2ccc([N+](=O)[O-])cc2)o1. The van der Waals surface area contributed by atoms with Crippen molar-refractivity contribution in [2.75, 3.05) is 0 Å². The van der Waals surface area contributed by atoms with Gasteiger partial charge in [0.2, 0.25) is 11.8 Å². The van der Waals surface area contributed by atoms with E-state index >= 15 is 0 Å². The monoisotopic (exact) mass is 219 g/mol. The zero-order valence-corrected chi connectivity index (χ0v) is 8.58. The fourth-order valence-corrected chi connectivity index (χ4v) is 1.32. The lowest BCUT2D eigenvalue weighted by atomic mass is 10.1. The van der Waals surface area contributed by atoms with Gasteiger partial charge in [0.25, 0.3) is 5.69 Å². The van der Waals surface area contributed by atoms with Crippen molar-refractivity contribution in [1.82, 2.24) is 10.2 Å². The molecule has 0 spiro atoms. The highest BCUT2D eigenvalue weighted by atomic mass is 16.6. The van der Waals surface area contributed by atoms with E-state index in [9.17, 15) is 10.1 Å². The molecule has 0 amide bonds. The second-order valence-corrected chi connectivity index (χ2v) is 3.32. The van der Waals surface area contributed by atoms with Crippen LogP contribution in [0.2, 0.25) is 0 Å². The Morgan fingerprint density at radius 3 is 2.50 bits per heavy atom. The molecule has 0 saturated heterocycles. The highest BCUT2D eigenvalue weighted by Gasteiger charge is 2.07. The van der Waals surface area contributed by atoms with Gasteiger partial charge in [0, 0.05) is 19.1 Å². The summed E-state index contributed by atoms with van der Waals surface area (Å²) in [6, 6.07) is 6.27. The Morgan fingerprint density at radius 1 is 1.31 bits per heavy atom. The Kier molecular flexibility index (Phi) is 2.63. The zero-order valence-electron chi connectivity index (χ0n) is 8.58. The van der Waals surface area contributed by atoms with Crippen molar-refractivity contribution in [1.29, 1.82) is 0 Å². The van der Waals surface area contributed by atoms with Crippen LogP contribution in [0.25, 0.3) is 0 Å². The molecular weight excluding hydrogens is 210 g/mol. The van der Waals surface area contributed by atoms with Crippen molar-refractivity contribution in [2.24, 2.45) is 0 Å². The van der Waals surface area contributed by atoms with Crippen LogP contribution in [0.4, 0.5) is 5.69 Å². The molecule has 2 rings (SSSR count). The van der Waals surface area contributed by atoms with Gasteiger partial charge < -0.3 is 4.42 Å². The average molecular weight is 219 g/mol. The highest BCUT2D eigenvalue weighted by Crippen LogP contribution is 2.14. The molecule has 0 atom stereocenters. The molecule has 0 aliphatic carbocycles. The number of nitrogens with zero attached hydrogens (tertiary/aromatic N) is 3. The number of benzene rings is 1. The molecule has 82 valence electrons. The van der Waals surface area contributed by atoms with E-state index in [1.54, 1.807) is 19.1 Å². The molecule has 1 aromatic heterocycles. The van der Waals surface area contributed by atoms with Gasteiger partial charge in [-0.2, -0.15) is 0 Å². The van der Waals surface area contributed by atoms with Crippen molar-refractivity contribution in [3.63, 3.8) is 0 Å². The third kappa shape index (κ3) is 2.22. The Balaban J connectivity index is 2.14. The zero-order chi connectivity index (χ0) is 11.5. The van der Waals surface area contributed by atoms with Gasteiger partial charge in [0.1, 0.15) is 0 Å². The maximum Gasteiger partial charge on any atom is 0.269 e. The summed E-state index contributed by atoms with van der Waals surface area (Å²) in [7, 11) is 0. The van der Waals surface area contributed by atoms with Crippen LogP contribution in [0.3, 0.4) is 0 Å². The van der Waals surface area contributed by atoms with Gasteiger partial charge in [0.15, 0.2) is 0 Å². The first-order valence-corrected chi connectivity index (χ1v) is 4.67. The van der Waals surface area contributed by atoms with Crippen LogP contribution in [0.1, 0.15) is 17.3 Å². The van der Waals surface area contributed by atoms with E-state index in [4.69, 9.17) is 4.42 Å². The summed E-state index contributed by atoms with van der Waals surface area (Å²) in [6.45, 7) is 1.71. The molecule has 0 unspecified atom stereocenters. The lowest BCUT2D eigenvalue weighted by Crippen LogP contribution is -1.91. The van der Waals surface area contributed by atoms with Crippen molar-refractivity contribution < 1.29 is 9.34 Å². The fraction of sp³-hybridized carbons (Fsp3) is 0.200. The summed E-state index contributed by atoms with van der Waals surface area (Å²) in [5.74, 6) is 1.02. The molecular formula is C10H9N3O3. The number of rotatable bonds is 3. The minimum absolute atomic E-state index is 0.0745. The first-order chi connectivity index (χ1) is 7.65. The Labute approximate surface area is 91.1 Å². The molecule has 0 aliphatic rings. The van der Waals surface area contributed by atoms with Gasteiger partial charge in [0.05, 0.1) is 11.3 Å². The van der Waals surface area contributed by atoms with Crippen LogP contribution in [-0.2, 0) is 6.42 Å². The van der Waals surface area contributed by atoms with Crippen LogP contribution in [0.15, 0.2) is 28.7 Å². The molecule has 6 heteroatoms. The summed E-state index contributed by atoms with van der Waals surface area (Å²) < 4.78 is 5.21. The van der Waals surface area contributed by atoms with E-state index in [0.29, 0.717) is 18.2 Å². The normalized spacial score (nSPS) is 10.3. The summed E-state index contributed by atoms with van der Waals surface area (Å²) >= 11 is 0. The number of nitro groups is 1. The smallest absolute Gasteiger partial charge is 0.269 e. The molecule has 16 heavy (non-hydrogen) atoms. The first-order valence-electron chi connectivity index (χ1n) is 4.67. The third-order valence-corrected chi connectivity index (χ3v) is 2.07. The Hall–Kier alpha value is -2.24. The molecule has 0 N–H and O–H groups in total. The van der Waals surface area contributed by atoms with E-state index in [1.807, 2.05) is 0 Å². The van der Waals surface area contributed by atoms with Crippen LogP contribution >= 0.6 is 0 Å². The van der Waals surface area contributed by atoms with Gasteiger partial charge in [-0.05, 0) is 5.56 Å². The Bertz CT molecular complexity index is 504. The average Bonchev–Trinajstić information content (AvgIpc) is 2.65. The molecule has 6 nitrogen and oxygen atoms in total. The first kappa shape index (κ1) is 10.3. The summed E-state index contributed by atoms with van der Waals surface area (Å²) in [5.41, 5.74) is 0.972. The van der Waals surface area contributed by atoms with E-state index in [2.05, 4.69) is 10.2 Å². The third-order valence-electron chi connectivity index (χ3n) is 2.07. The molecule has 0 radical (unpaired) electrons. The topological polar surface area (TPSA) is 82.1 Å². The molecule has 0 bridgehead atoms. The van der Waals surface area contributed by atoms with Gasteiger partial charge in [-0.15, -0.1) is 10.2 Å². The lowest BCUT2D eigenvalue weighted by molar-refractivity contribution is -0.384. The number of non-ortho nitro benzene ring substituents is 1. The molecule has 0 aliphatic heterocycles. The van der Waals surface area contributed by atoms with Crippen LogP contribution in [-0.4, -0.2) is 15.1 Å². The minimum atomic E-state index is -0.430. The Morgan fingerprint density at radius 2 is 2.00 bits per heavy atom. The van der Waals surface area contributed by atoms with E-state index in [1.165, 1.54) is 12.1 Å². The van der Waals surface area contributed by atoms with E-state index in [-0.39, 0.29) is 5.69 Å². The van der Waals surface area contributed by atoms with Gasteiger partial charge >= 0.3 is 0 Å². The number of aromatic nitrogens is 2.